The van der Waals surface area contributed by atoms with E-state index in [1.807, 2.05) is 0 Å². The maximum atomic E-state index is 11.8. The van der Waals surface area contributed by atoms with Crippen LogP contribution in [-0.4, -0.2) is 26.9 Å². The summed E-state index contributed by atoms with van der Waals surface area (Å²) in [5.74, 6) is -0.479. The summed E-state index contributed by atoms with van der Waals surface area (Å²) in [7, 11) is -3.53. The van der Waals surface area contributed by atoms with Crippen LogP contribution in [0.5, 0.6) is 0 Å². The summed E-state index contributed by atoms with van der Waals surface area (Å²) in [6.07, 6.45) is 1.95. The van der Waals surface area contributed by atoms with E-state index in [0.29, 0.717) is 11.3 Å². The van der Waals surface area contributed by atoms with E-state index in [4.69, 9.17) is 5.73 Å². The molecule has 0 radical (unpaired) electrons. The Hall–Kier alpha value is -1.60. The van der Waals surface area contributed by atoms with Crippen LogP contribution in [0, 0.1) is 0 Å². The van der Waals surface area contributed by atoms with Gasteiger partial charge in [-0.15, -0.1) is 0 Å². The van der Waals surface area contributed by atoms with Gasteiger partial charge in [-0.2, -0.15) is 0 Å². The first kappa shape index (κ1) is 13.8. The Kier molecular flexibility index (Phi) is 4.06. The summed E-state index contributed by atoms with van der Waals surface area (Å²) in [6, 6.07) is 6.89. The summed E-state index contributed by atoms with van der Waals surface area (Å²) < 4.78 is 25.8. The minimum absolute atomic E-state index is 0.186. The Labute approximate surface area is 112 Å². The summed E-state index contributed by atoms with van der Waals surface area (Å²) in [6.45, 7) is -0.221. The first-order chi connectivity index (χ1) is 8.94. The zero-order valence-electron chi connectivity index (χ0n) is 10.4. The Balaban J connectivity index is 1.85. The quantitative estimate of drug-likeness (QED) is 0.638. The van der Waals surface area contributed by atoms with E-state index >= 15 is 0 Å². The molecule has 1 aromatic carbocycles. The number of nitrogens with two attached hydrogens (primary N) is 1. The second-order valence-electron chi connectivity index (χ2n) is 4.67. The van der Waals surface area contributed by atoms with Gasteiger partial charge in [0.2, 0.25) is 15.9 Å². The smallest absolute Gasteiger partial charge is 0.235 e. The van der Waals surface area contributed by atoms with Crippen LogP contribution in [0.2, 0.25) is 0 Å². The maximum absolute atomic E-state index is 11.8. The van der Waals surface area contributed by atoms with Crippen LogP contribution in [0.4, 0.5) is 5.69 Å². The van der Waals surface area contributed by atoms with Gasteiger partial charge in [0, 0.05) is 11.7 Å². The molecule has 1 aliphatic carbocycles. The molecular formula is C12H17N3O3S. The summed E-state index contributed by atoms with van der Waals surface area (Å²) in [4.78, 5) is 11.4. The van der Waals surface area contributed by atoms with Gasteiger partial charge in [0.05, 0.1) is 12.3 Å². The van der Waals surface area contributed by atoms with Gasteiger partial charge in [-0.05, 0) is 30.5 Å². The lowest BCUT2D eigenvalue weighted by Crippen LogP contribution is -2.38. The van der Waals surface area contributed by atoms with Gasteiger partial charge in [-0.1, -0.05) is 12.1 Å². The second-order valence-corrected chi connectivity index (χ2v) is 6.47. The SMILES string of the molecule is Nc1cccc(CS(=O)(=O)NCC(=O)NC2CC2)c1. The van der Waals surface area contributed by atoms with Crippen LogP contribution in [0.3, 0.4) is 0 Å². The highest BCUT2D eigenvalue weighted by molar-refractivity contribution is 7.88. The third kappa shape index (κ3) is 4.88. The lowest BCUT2D eigenvalue weighted by molar-refractivity contribution is -0.120. The molecule has 0 aliphatic heterocycles. The number of sulfonamides is 1. The highest BCUT2D eigenvalue weighted by Gasteiger charge is 2.23. The molecule has 0 heterocycles. The van der Waals surface area contributed by atoms with E-state index in [1.54, 1.807) is 24.3 Å². The summed E-state index contributed by atoms with van der Waals surface area (Å²) >= 11 is 0. The fourth-order valence-corrected chi connectivity index (χ4v) is 2.71. The molecule has 7 heteroatoms. The molecule has 0 aromatic heterocycles. The zero-order chi connectivity index (χ0) is 13.9. The summed E-state index contributed by atoms with van der Waals surface area (Å²) in [5, 5.41) is 2.71. The summed E-state index contributed by atoms with van der Waals surface area (Å²) in [5.41, 5.74) is 6.69. The lowest BCUT2D eigenvalue weighted by atomic mass is 10.2. The molecule has 1 aliphatic rings. The van der Waals surface area contributed by atoms with Gasteiger partial charge in [0.25, 0.3) is 0 Å². The topological polar surface area (TPSA) is 101 Å². The number of benzene rings is 1. The molecule has 0 saturated heterocycles. The minimum Gasteiger partial charge on any atom is -0.399 e. The Morgan fingerprint density at radius 3 is 2.74 bits per heavy atom. The van der Waals surface area contributed by atoms with E-state index < -0.39 is 10.0 Å². The standard InChI is InChI=1S/C12H17N3O3S/c13-10-3-1-2-9(6-10)8-19(17,18)14-7-12(16)15-11-4-5-11/h1-3,6,11,14H,4-5,7-8,13H2,(H,15,16). The monoisotopic (exact) mass is 283 g/mol. The van der Waals surface area contributed by atoms with Crippen LogP contribution in [0.1, 0.15) is 18.4 Å². The van der Waals surface area contributed by atoms with Gasteiger partial charge in [0.15, 0.2) is 0 Å². The van der Waals surface area contributed by atoms with E-state index in [-0.39, 0.29) is 24.2 Å². The minimum atomic E-state index is -3.53. The Morgan fingerprint density at radius 1 is 1.37 bits per heavy atom. The molecule has 1 saturated carbocycles. The average Bonchev–Trinajstić information content (AvgIpc) is 3.10. The van der Waals surface area contributed by atoms with Crippen LogP contribution < -0.4 is 15.8 Å². The van der Waals surface area contributed by atoms with Crippen molar-refractivity contribution in [3.63, 3.8) is 0 Å². The van der Waals surface area contributed by atoms with Crippen molar-refractivity contribution >= 4 is 21.6 Å². The highest BCUT2D eigenvalue weighted by Crippen LogP contribution is 2.18. The number of carbonyl (C=O) groups excluding carboxylic acids is 1. The van der Waals surface area contributed by atoms with E-state index in [2.05, 4.69) is 10.0 Å². The number of hydrogen-bond acceptors (Lipinski definition) is 4. The van der Waals surface area contributed by atoms with Crippen LogP contribution in [-0.2, 0) is 20.6 Å². The first-order valence-electron chi connectivity index (χ1n) is 6.06. The normalized spacial score (nSPS) is 15.2. The second kappa shape index (κ2) is 5.58. The lowest BCUT2D eigenvalue weighted by Gasteiger charge is -2.07. The number of nitrogen functional groups attached to an aromatic ring is 1. The van der Waals surface area contributed by atoms with Gasteiger partial charge in [-0.3, -0.25) is 4.79 Å². The number of nitrogens with one attached hydrogen (secondary N) is 2. The number of carbonyl (C=O) groups is 1. The van der Waals surface area contributed by atoms with Gasteiger partial charge < -0.3 is 11.1 Å². The fraction of sp³-hybridized carbons (Fsp3) is 0.417. The van der Waals surface area contributed by atoms with Gasteiger partial charge >= 0.3 is 0 Å². The predicted octanol–water partition coefficient (Wildman–Crippen LogP) is -0.0332. The van der Waals surface area contributed by atoms with Crippen molar-refractivity contribution in [1.29, 1.82) is 0 Å². The molecule has 6 nitrogen and oxygen atoms in total. The van der Waals surface area contributed by atoms with Crippen molar-refractivity contribution in [3.05, 3.63) is 29.8 Å². The van der Waals surface area contributed by atoms with E-state index in [0.717, 1.165) is 12.8 Å². The van der Waals surface area contributed by atoms with Crippen LogP contribution in [0.25, 0.3) is 0 Å². The molecule has 19 heavy (non-hydrogen) atoms. The molecule has 2 rings (SSSR count). The van der Waals surface area contributed by atoms with Crippen molar-refractivity contribution in [2.45, 2.75) is 24.6 Å². The van der Waals surface area contributed by atoms with Crippen molar-refractivity contribution in [3.8, 4) is 0 Å². The zero-order valence-corrected chi connectivity index (χ0v) is 11.2. The van der Waals surface area contributed by atoms with E-state index in [1.165, 1.54) is 0 Å². The molecule has 4 N–H and O–H groups in total. The predicted molar refractivity (Wildman–Crippen MR) is 72.6 cm³/mol. The molecule has 104 valence electrons. The Morgan fingerprint density at radius 2 is 2.11 bits per heavy atom. The van der Waals surface area contributed by atoms with Crippen LogP contribution >= 0.6 is 0 Å². The molecule has 0 spiro atoms. The van der Waals surface area contributed by atoms with Crippen molar-refractivity contribution in [2.75, 3.05) is 12.3 Å². The average molecular weight is 283 g/mol. The van der Waals surface area contributed by atoms with Crippen molar-refractivity contribution in [2.24, 2.45) is 0 Å². The largest absolute Gasteiger partial charge is 0.399 e. The molecule has 1 aromatic rings. The van der Waals surface area contributed by atoms with Crippen molar-refractivity contribution in [1.82, 2.24) is 10.0 Å². The number of hydrogen-bond donors (Lipinski definition) is 3. The highest BCUT2D eigenvalue weighted by atomic mass is 32.2. The Bertz CT molecular complexity index is 567. The number of amides is 1. The number of anilines is 1. The third-order valence-electron chi connectivity index (χ3n) is 2.70. The molecule has 0 atom stereocenters. The number of rotatable bonds is 6. The van der Waals surface area contributed by atoms with Crippen LogP contribution in [0.15, 0.2) is 24.3 Å². The fourth-order valence-electron chi connectivity index (χ4n) is 1.64. The molecule has 0 unspecified atom stereocenters. The first-order valence-corrected chi connectivity index (χ1v) is 7.71. The molecule has 0 bridgehead atoms. The van der Waals surface area contributed by atoms with Crippen molar-refractivity contribution < 1.29 is 13.2 Å². The van der Waals surface area contributed by atoms with Gasteiger partial charge in [0.1, 0.15) is 0 Å². The van der Waals surface area contributed by atoms with Gasteiger partial charge in [-0.25, -0.2) is 13.1 Å². The molecular weight excluding hydrogens is 266 g/mol. The molecule has 1 fully saturated rings. The van der Waals surface area contributed by atoms with E-state index in [9.17, 15) is 13.2 Å². The maximum Gasteiger partial charge on any atom is 0.235 e. The third-order valence-corrected chi connectivity index (χ3v) is 4.00. The molecule has 1 amide bonds.